The molecule has 2 aliphatic heterocycles. The van der Waals surface area contributed by atoms with Crippen molar-refractivity contribution in [3.8, 4) is 0 Å². The van der Waals surface area contributed by atoms with E-state index < -0.39 is 28.2 Å². The Bertz CT molecular complexity index is 556. The molecule has 3 atom stereocenters. The van der Waals surface area contributed by atoms with Crippen molar-refractivity contribution >= 4 is 22.7 Å². The van der Waals surface area contributed by atoms with E-state index in [1.807, 2.05) is 0 Å². The summed E-state index contributed by atoms with van der Waals surface area (Å²) in [6, 6.07) is 5.89. The van der Waals surface area contributed by atoms with Gasteiger partial charge in [0, 0.05) is 11.1 Å². The van der Waals surface area contributed by atoms with Gasteiger partial charge in [0.1, 0.15) is 11.4 Å². The fourth-order valence-electron chi connectivity index (χ4n) is 2.39. The average molecular weight is 251 g/mol. The minimum absolute atomic E-state index is 0.0140. The highest BCUT2D eigenvalue weighted by molar-refractivity contribution is 7.85. The van der Waals surface area contributed by atoms with Crippen molar-refractivity contribution in [1.29, 1.82) is 0 Å². The lowest BCUT2D eigenvalue weighted by Gasteiger charge is -2.18. The Kier molecular flexibility index (Phi) is 2.09. The minimum atomic E-state index is -1.34. The van der Waals surface area contributed by atoms with Gasteiger partial charge in [-0.25, -0.2) is 4.79 Å². The summed E-state index contributed by atoms with van der Waals surface area (Å²) in [5.41, 5.74) is 1.15. The average Bonchev–Trinajstić information content (AvgIpc) is 2.79. The van der Waals surface area contributed by atoms with E-state index >= 15 is 0 Å². The van der Waals surface area contributed by atoms with Crippen LogP contribution in [0.1, 0.15) is 21.3 Å². The van der Waals surface area contributed by atoms with Crippen LogP contribution >= 0.6 is 0 Å². The molecular formula is C11H9NO4S. The number of carboxylic acid groups (broad SMARTS) is 1. The molecule has 1 fully saturated rings. The molecule has 0 radical (unpaired) electrons. The fourth-order valence-corrected chi connectivity index (χ4v) is 4.17. The van der Waals surface area contributed by atoms with E-state index in [2.05, 4.69) is 0 Å². The number of carbonyl (C=O) groups excluding carboxylic acids is 1. The molecule has 1 aromatic carbocycles. The maximum Gasteiger partial charge on any atom is 0.327 e. The Hall–Kier alpha value is -1.69. The van der Waals surface area contributed by atoms with E-state index in [1.54, 1.807) is 24.3 Å². The summed E-state index contributed by atoms with van der Waals surface area (Å²) in [4.78, 5) is 24.4. The third-order valence-corrected chi connectivity index (χ3v) is 4.76. The largest absolute Gasteiger partial charge is 0.480 e. The summed E-state index contributed by atoms with van der Waals surface area (Å²) in [6.45, 7) is 0. The third kappa shape index (κ3) is 1.27. The molecule has 17 heavy (non-hydrogen) atoms. The number of amides is 1. The maximum atomic E-state index is 12.1. The maximum absolute atomic E-state index is 12.1. The van der Waals surface area contributed by atoms with Crippen LogP contribution in [0.2, 0.25) is 0 Å². The van der Waals surface area contributed by atoms with Gasteiger partial charge >= 0.3 is 5.97 Å². The van der Waals surface area contributed by atoms with E-state index in [4.69, 9.17) is 5.11 Å². The molecule has 2 heterocycles. The lowest BCUT2D eigenvalue weighted by atomic mass is 10.1. The SMILES string of the molecule is O=C(O)[C@@H]1C[S@](=O)[C@@H]2c3ccccc3C(=O)N21. The first-order chi connectivity index (χ1) is 8.11. The second-order valence-corrected chi connectivity index (χ2v) is 5.59. The molecule has 1 N–H and O–H groups in total. The summed E-state index contributed by atoms with van der Waals surface area (Å²) in [5, 5.41) is 8.46. The van der Waals surface area contributed by atoms with Crippen LogP contribution in [0, 0.1) is 0 Å². The number of fused-ring (bicyclic) bond motifs is 3. The van der Waals surface area contributed by atoms with E-state index in [0.29, 0.717) is 11.1 Å². The summed E-state index contributed by atoms with van der Waals surface area (Å²) >= 11 is 0. The molecule has 0 saturated carbocycles. The molecule has 3 rings (SSSR count). The van der Waals surface area contributed by atoms with E-state index in [-0.39, 0.29) is 11.7 Å². The van der Waals surface area contributed by atoms with Crippen molar-refractivity contribution in [2.24, 2.45) is 0 Å². The number of hydrogen-bond acceptors (Lipinski definition) is 3. The Balaban J connectivity index is 2.15. The van der Waals surface area contributed by atoms with Gasteiger partial charge in [-0.05, 0) is 6.07 Å². The fraction of sp³-hybridized carbons (Fsp3) is 0.273. The van der Waals surface area contributed by atoms with Crippen molar-refractivity contribution in [1.82, 2.24) is 4.90 Å². The Morgan fingerprint density at radius 3 is 2.82 bits per heavy atom. The second kappa shape index (κ2) is 3.40. The number of nitrogens with zero attached hydrogens (tertiary/aromatic N) is 1. The van der Waals surface area contributed by atoms with Crippen LogP contribution in [0.15, 0.2) is 24.3 Å². The van der Waals surface area contributed by atoms with Crippen LogP contribution in [-0.4, -0.2) is 37.9 Å². The topological polar surface area (TPSA) is 74.7 Å². The summed E-state index contributed by atoms with van der Waals surface area (Å²) in [7, 11) is -1.34. The first-order valence-corrected chi connectivity index (χ1v) is 6.51. The second-order valence-electron chi connectivity index (χ2n) is 4.05. The van der Waals surface area contributed by atoms with Gasteiger partial charge < -0.3 is 10.0 Å². The minimum Gasteiger partial charge on any atom is -0.480 e. The number of carboxylic acids is 1. The molecular weight excluding hydrogens is 242 g/mol. The Morgan fingerprint density at radius 1 is 1.41 bits per heavy atom. The Morgan fingerprint density at radius 2 is 2.12 bits per heavy atom. The quantitative estimate of drug-likeness (QED) is 0.781. The monoisotopic (exact) mass is 251 g/mol. The van der Waals surface area contributed by atoms with Crippen LogP contribution in [0.4, 0.5) is 0 Å². The molecule has 1 amide bonds. The predicted molar refractivity (Wildman–Crippen MR) is 59.8 cm³/mol. The lowest BCUT2D eigenvalue weighted by molar-refractivity contribution is -0.141. The van der Waals surface area contributed by atoms with Crippen molar-refractivity contribution in [3.63, 3.8) is 0 Å². The molecule has 6 heteroatoms. The number of aliphatic carboxylic acids is 1. The highest BCUT2D eigenvalue weighted by Crippen LogP contribution is 2.42. The normalized spacial score (nSPS) is 30.2. The third-order valence-electron chi connectivity index (χ3n) is 3.14. The van der Waals surface area contributed by atoms with Gasteiger partial charge in [0.2, 0.25) is 0 Å². The van der Waals surface area contributed by atoms with Gasteiger partial charge in [0.25, 0.3) is 5.91 Å². The van der Waals surface area contributed by atoms with Crippen LogP contribution in [-0.2, 0) is 15.6 Å². The van der Waals surface area contributed by atoms with Crippen LogP contribution in [0.25, 0.3) is 0 Å². The van der Waals surface area contributed by atoms with Crippen molar-refractivity contribution < 1.29 is 18.9 Å². The highest BCUT2D eigenvalue weighted by atomic mass is 32.2. The van der Waals surface area contributed by atoms with E-state index in [0.717, 1.165) is 0 Å². The Labute approximate surface area is 99.5 Å². The van der Waals surface area contributed by atoms with Gasteiger partial charge in [-0.3, -0.25) is 9.00 Å². The van der Waals surface area contributed by atoms with E-state index in [1.165, 1.54) is 4.90 Å². The molecule has 1 aromatic rings. The van der Waals surface area contributed by atoms with Crippen molar-refractivity contribution in [3.05, 3.63) is 35.4 Å². The lowest BCUT2D eigenvalue weighted by Crippen LogP contribution is -2.39. The van der Waals surface area contributed by atoms with E-state index in [9.17, 15) is 13.8 Å². The number of rotatable bonds is 1. The smallest absolute Gasteiger partial charge is 0.327 e. The summed E-state index contributed by atoms with van der Waals surface area (Å²) < 4.78 is 11.9. The number of hydrogen-bond donors (Lipinski definition) is 1. The van der Waals surface area contributed by atoms with Gasteiger partial charge in [0.15, 0.2) is 0 Å². The summed E-state index contributed by atoms with van der Waals surface area (Å²) in [6.07, 6.45) is 0. The van der Waals surface area contributed by atoms with Crippen molar-refractivity contribution in [2.45, 2.75) is 11.4 Å². The molecule has 1 saturated heterocycles. The molecule has 0 unspecified atom stereocenters. The first kappa shape index (κ1) is 10.5. The summed E-state index contributed by atoms with van der Waals surface area (Å²) in [5.74, 6) is -1.41. The predicted octanol–water partition coefficient (Wildman–Crippen LogP) is 0.357. The zero-order valence-electron chi connectivity index (χ0n) is 8.70. The molecule has 0 spiro atoms. The van der Waals surface area contributed by atoms with Gasteiger partial charge in [-0.2, -0.15) is 0 Å². The first-order valence-electron chi connectivity index (χ1n) is 5.13. The van der Waals surface area contributed by atoms with Crippen LogP contribution in [0.5, 0.6) is 0 Å². The van der Waals surface area contributed by atoms with Gasteiger partial charge in [0.05, 0.1) is 16.6 Å². The van der Waals surface area contributed by atoms with Crippen molar-refractivity contribution in [2.75, 3.05) is 5.75 Å². The molecule has 0 bridgehead atoms. The zero-order chi connectivity index (χ0) is 12.2. The zero-order valence-corrected chi connectivity index (χ0v) is 9.52. The molecule has 88 valence electrons. The van der Waals surface area contributed by atoms with Gasteiger partial charge in [-0.1, -0.05) is 18.2 Å². The molecule has 0 aliphatic carbocycles. The standard InChI is InChI=1S/C11H9NO4S/c13-9-6-3-1-2-4-7(6)10-12(9)8(11(14)15)5-17(10)16/h1-4,8,10H,5H2,(H,14,15)/t8-,10+,17-/m0/s1. The number of carbonyl (C=O) groups is 2. The highest BCUT2D eigenvalue weighted by Gasteiger charge is 2.52. The molecule has 2 aliphatic rings. The molecule has 0 aromatic heterocycles. The molecule has 5 nitrogen and oxygen atoms in total. The van der Waals surface area contributed by atoms with Crippen LogP contribution < -0.4 is 0 Å². The van der Waals surface area contributed by atoms with Crippen LogP contribution in [0.3, 0.4) is 0 Å². The van der Waals surface area contributed by atoms with Gasteiger partial charge in [-0.15, -0.1) is 0 Å². The number of benzene rings is 1.